The van der Waals surface area contributed by atoms with E-state index in [1.807, 2.05) is 0 Å². The first-order valence-corrected chi connectivity index (χ1v) is 17.2. The summed E-state index contributed by atoms with van der Waals surface area (Å²) < 4.78 is 4.84. The monoisotopic (exact) mass is 636 g/mol. The van der Waals surface area contributed by atoms with Crippen LogP contribution >= 0.6 is 0 Å². The molecule has 10 aromatic rings. The van der Waals surface area contributed by atoms with Gasteiger partial charge in [-0.15, -0.1) is 0 Å². The van der Waals surface area contributed by atoms with Crippen LogP contribution in [0.4, 0.5) is 0 Å². The third-order valence-electron chi connectivity index (χ3n) is 10.1. The van der Waals surface area contributed by atoms with Crippen molar-refractivity contribution in [2.75, 3.05) is 0 Å². The summed E-state index contributed by atoms with van der Waals surface area (Å²) in [6.07, 6.45) is 0. The van der Waals surface area contributed by atoms with Crippen LogP contribution < -0.4 is 0 Å². The molecule has 0 bridgehead atoms. The first kappa shape index (κ1) is 28.4. The van der Waals surface area contributed by atoms with Crippen molar-refractivity contribution in [3.05, 3.63) is 194 Å². The summed E-state index contributed by atoms with van der Waals surface area (Å²) >= 11 is 0. The molecule has 2 heterocycles. The SMILES string of the molecule is c1ccc(-c2ccccc2-c2ccccc2-n2c3ccccc3c3cc(-c4ccc5c6ccccc6n(-c6ccccc6)c5c4)ccc32)cc1. The van der Waals surface area contributed by atoms with Gasteiger partial charge in [0.15, 0.2) is 0 Å². The minimum absolute atomic E-state index is 1.17. The van der Waals surface area contributed by atoms with Crippen LogP contribution in [0.3, 0.4) is 0 Å². The van der Waals surface area contributed by atoms with Crippen LogP contribution in [0.5, 0.6) is 0 Å². The number of fused-ring (bicyclic) bond motifs is 6. The smallest absolute Gasteiger partial charge is 0.0547 e. The van der Waals surface area contributed by atoms with Gasteiger partial charge < -0.3 is 9.13 Å². The molecule has 0 radical (unpaired) electrons. The second-order valence-electron chi connectivity index (χ2n) is 12.9. The lowest BCUT2D eigenvalue weighted by Crippen LogP contribution is -1.98. The molecule has 2 aromatic heterocycles. The normalized spacial score (nSPS) is 11.6. The average Bonchev–Trinajstić information content (AvgIpc) is 3.71. The van der Waals surface area contributed by atoms with Crippen molar-refractivity contribution in [1.82, 2.24) is 9.13 Å². The first-order chi connectivity index (χ1) is 24.8. The number of para-hydroxylation sites is 4. The molecule has 0 fully saturated rings. The molecule has 0 saturated heterocycles. The van der Waals surface area contributed by atoms with E-state index in [-0.39, 0.29) is 0 Å². The molecule has 234 valence electrons. The Morgan fingerprint density at radius 3 is 1.56 bits per heavy atom. The number of rotatable bonds is 5. The number of aromatic nitrogens is 2. The van der Waals surface area contributed by atoms with Crippen LogP contribution in [0, 0.1) is 0 Å². The van der Waals surface area contributed by atoms with Crippen LogP contribution in [-0.4, -0.2) is 9.13 Å². The molecule has 0 unspecified atom stereocenters. The highest BCUT2D eigenvalue weighted by Gasteiger charge is 2.19. The molecule has 10 rings (SSSR count). The van der Waals surface area contributed by atoms with Crippen molar-refractivity contribution < 1.29 is 0 Å². The van der Waals surface area contributed by atoms with Gasteiger partial charge in [-0.1, -0.05) is 146 Å². The maximum absolute atomic E-state index is 2.45. The molecular weight excluding hydrogens is 605 g/mol. The van der Waals surface area contributed by atoms with Gasteiger partial charge in [0.2, 0.25) is 0 Å². The topological polar surface area (TPSA) is 9.86 Å². The van der Waals surface area contributed by atoms with Crippen molar-refractivity contribution in [1.29, 1.82) is 0 Å². The lowest BCUT2D eigenvalue weighted by Gasteiger charge is -2.17. The Balaban J connectivity index is 1.18. The minimum atomic E-state index is 1.17. The Kier molecular flexibility index (Phi) is 6.53. The summed E-state index contributed by atoms with van der Waals surface area (Å²) in [5.74, 6) is 0. The van der Waals surface area contributed by atoms with Crippen molar-refractivity contribution in [2.24, 2.45) is 0 Å². The fourth-order valence-electron chi connectivity index (χ4n) is 7.90. The van der Waals surface area contributed by atoms with E-state index >= 15 is 0 Å². The highest BCUT2D eigenvalue weighted by atomic mass is 15.0. The summed E-state index contributed by atoms with van der Waals surface area (Å²) in [5, 5.41) is 5.02. The van der Waals surface area contributed by atoms with Crippen LogP contribution in [0.2, 0.25) is 0 Å². The maximum Gasteiger partial charge on any atom is 0.0547 e. The lowest BCUT2D eigenvalue weighted by atomic mass is 9.93. The molecule has 0 spiro atoms. The highest BCUT2D eigenvalue weighted by Crippen LogP contribution is 2.41. The zero-order valence-corrected chi connectivity index (χ0v) is 27.4. The lowest BCUT2D eigenvalue weighted by molar-refractivity contribution is 1.18. The molecule has 0 N–H and O–H groups in total. The van der Waals surface area contributed by atoms with Crippen molar-refractivity contribution >= 4 is 43.6 Å². The maximum atomic E-state index is 2.45. The molecule has 50 heavy (non-hydrogen) atoms. The molecule has 0 atom stereocenters. The fourth-order valence-corrected chi connectivity index (χ4v) is 7.90. The Labute approximate surface area is 290 Å². The zero-order chi connectivity index (χ0) is 33.0. The molecule has 0 amide bonds. The van der Waals surface area contributed by atoms with Crippen LogP contribution in [0.1, 0.15) is 0 Å². The van der Waals surface area contributed by atoms with Crippen molar-refractivity contribution in [3.63, 3.8) is 0 Å². The molecular formula is C48H32N2. The van der Waals surface area contributed by atoms with Gasteiger partial charge in [-0.25, -0.2) is 0 Å². The molecule has 8 aromatic carbocycles. The number of benzene rings is 8. The quantitative estimate of drug-likeness (QED) is 0.178. The van der Waals surface area contributed by atoms with Gasteiger partial charge in [0.05, 0.1) is 27.8 Å². The number of hydrogen-bond donors (Lipinski definition) is 0. The first-order valence-electron chi connectivity index (χ1n) is 17.2. The van der Waals surface area contributed by atoms with Gasteiger partial charge >= 0.3 is 0 Å². The van der Waals surface area contributed by atoms with E-state index in [1.165, 1.54) is 88.4 Å². The van der Waals surface area contributed by atoms with E-state index < -0.39 is 0 Å². The van der Waals surface area contributed by atoms with E-state index in [4.69, 9.17) is 0 Å². The van der Waals surface area contributed by atoms with Crippen LogP contribution in [0.25, 0.3) is 88.4 Å². The van der Waals surface area contributed by atoms with Gasteiger partial charge in [0, 0.05) is 32.8 Å². The Hall–Kier alpha value is -6.64. The molecule has 2 heteroatoms. The predicted octanol–water partition coefficient (Wildman–Crippen LogP) is 12.9. The highest BCUT2D eigenvalue weighted by molar-refractivity contribution is 6.13. The third kappa shape index (κ3) is 4.43. The molecule has 0 saturated carbocycles. The molecule has 2 nitrogen and oxygen atoms in total. The van der Waals surface area contributed by atoms with Crippen LogP contribution in [0.15, 0.2) is 194 Å². The summed E-state index contributed by atoms with van der Waals surface area (Å²) in [5.41, 5.74) is 14.4. The van der Waals surface area contributed by atoms with Crippen molar-refractivity contribution in [2.45, 2.75) is 0 Å². The minimum Gasteiger partial charge on any atom is -0.309 e. The van der Waals surface area contributed by atoms with E-state index in [0.717, 1.165) is 0 Å². The molecule has 0 aliphatic carbocycles. The van der Waals surface area contributed by atoms with Gasteiger partial charge in [-0.05, 0) is 76.3 Å². The molecule has 0 aliphatic heterocycles. The predicted molar refractivity (Wildman–Crippen MR) is 211 cm³/mol. The summed E-state index contributed by atoms with van der Waals surface area (Å²) in [7, 11) is 0. The Morgan fingerprint density at radius 1 is 0.260 bits per heavy atom. The van der Waals surface area contributed by atoms with Gasteiger partial charge in [0.1, 0.15) is 0 Å². The average molecular weight is 637 g/mol. The van der Waals surface area contributed by atoms with Crippen LogP contribution in [-0.2, 0) is 0 Å². The summed E-state index contributed by atoms with van der Waals surface area (Å²) in [6.45, 7) is 0. The standard InChI is InChI=1S/C48H32N2/c1-3-15-33(16-4-1)37-19-7-8-20-38(37)39-21-9-13-25-45(39)50-46-26-14-11-23-41(46)43-31-34(28-30-47(43)50)35-27-29-42-40-22-10-12-24-44(40)49(48(42)32-35)36-17-5-2-6-18-36/h1-32H. The fraction of sp³-hybridized carbons (Fsp3) is 0. The second kappa shape index (κ2) is 11.5. The van der Waals surface area contributed by atoms with E-state index in [0.29, 0.717) is 0 Å². The largest absolute Gasteiger partial charge is 0.309 e. The summed E-state index contributed by atoms with van der Waals surface area (Å²) in [6, 6.07) is 70.4. The van der Waals surface area contributed by atoms with Gasteiger partial charge in [-0.3, -0.25) is 0 Å². The zero-order valence-electron chi connectivity index (χ0n) is 27.4. The van der Waals surface area contributed by atoms with E-state index in [1.54, 1.807) is 0 Å². The molecule has 0 aliphatic rings. The Morgan fingerprint density at radius 2 is 0.780 bits per heavy atom. The summed E-state index contributed by atoms with van der Waals surface area (Å²) in [4.78, 5) is 0. The van der Waals surface area contributed by atoms with Gasteiger partial charge in [-0.2, -0.15) is 0 Å². The number of nitrogens with zero attached hydrogens (tertiary/aromatic N) is 2. The third-order valence-corrected chi connectivity index (χ3v) is 10.1. The van der Waals surface area contributed by atoms with E-state index in [9.17, 15) is 0 Å². The van der Waals surface area contributed by atoms with Gasteiger partial charge in [0.25, 0.3) is 0 Å². The second-order valence-corrected chi connectivity index (χ2v) is 12.9. The Bertz CT molecular complexity index is 2860. The van der Waals surface area contributed by atoms with E-state index in [2.05, 4.69) is 203 Å². The van der Waals surface area contributed by atoms with Crippen molar-refractivity contribution in [3.8, 4) is 44.8 Å². The number of hydrogen-bond acceptors (Lipinski definition) is 0.